The maximum Gasteiger partial charge on any atom is 0.343 e. The van der Waals surface area contributed by atoms with Crippen molar-refractivity contribution in [3.8, 4) is 11.5 Å². The van der Waals surface area contributed by atoms with Gasteiger partial charge in [0.2, 0.25) is 9.84 Å². The van der Waals surface area contributed by atoms with Crippen LogP contribution in [0.3, 0.4) is 0 Å². The van der Waals surface area contributed by atoms with Crippen molar-refractivity contribution in [2.45, 2.75) is 16.4 Å². The molecule has 0 fully saturated rings. The molecule has 0 aliphatic rings. The zero-order valence-corrected chi connectivity index (χ0v) is 19.1. The van der Waals surface area contributed by atoms with Gasteiger partial charge in [0.05, 0.1) is 20.3 Å². The topological polar surface area (TPSA) is 113 Å². The van der Waals surface area contributed by atoms with E-state index in [1.165, 1.54) is 60.7 Å². The lowest BCUT2D eigenvalue weighted by Crippen LogP contribution is -2.09. The second kappa shape index (κ2) is 10.2. The third kappa shape index (κ3) is 5.71. The Hall–Kier alpha value is -4.50. The van der Waals surface area contributed by atoms with E-state index in [0.29, 0.717) is 12.4 Å². The normalized spacial score (nSPS) is 11.0. The zero-order valence-electron chi connectivity index (χ0n) is 18.2. The summed E-state index contributed by atoms with van der Waals surface area (Å²) in [6.07, 6.45) is 0. The highest BCUT2D eigenvalue weighted by Crippen LogP contribution is 2.25. The first-order valence-corrected chi connectivity index (χ1v) is 11.9. The van der Waals surface area contributed by atoms with Gasteiger partial charge in [-0.15, -0.1) is 0 Å². The van der Waals surface area contributed by atoms with Crippen molar-refractivity contribution in [2.24, 2.45) is 0 Å². The standard InChI is InChI=1S/C26H19NO7S/c28-26(20-6-8-21(9-7-20)27(29)30)34-23-12-16-25(17-13-23)35(31,32)24-14-10-22(11-15-24)33-18-19-4-2-1-3-5-19/h1-17H,18H2. The van der Waals surface area contributed by atoms with E-state index >= 15 is 0 Å². The highest BCUT2D eigenvalue weighted by atomic mass is 32.2. The van der Waals surface area contributed by atoms with Crippen LogP contribution in [-0.4, -0.2) is 19.3 Å². The number of rotatable bonds is 8. The molecule has 4 aromatic rings. The number of nitrogens with zero attached hydrogens (tertiary/aromatic N) is 1. The first kappa shape index (κ1) is 23.7. The molecule has 0 atom stereocenters. The molecule has 8 nitrogen and oxygen atoms in total. The number of nitro groups is 1. The largest absolute Gasteiger partial charge is 0.489 e. The Kier molecular flexibility index (Phi) is 6.88. The van der Waals surface area contributed by atoms with E-state index in [1.807, 2.05) is 30.3 Å². The van der Waals surface area contributed by atoms with Crippen molar-refractivity contribution < 1.29 is 27.6 Å². The van der Waals surface area contributed by atoms with Crippen molar-refractivity contribution in [1.82, 2.24) is 0 Å². The molecule has 9 heteroatoms. The van der Waals surface area contributed by atoms with Gasteiger partial charge in [-0.05, 0) is 66.2 Å². The summed E-state index contributed by atoms with van der Waals surface area (Å²) in [7, 11) is -3.79. The lowest BCUT2D eigenvalue weighted by molar-refractivity contribution is -0.384. The van der Waals surface area contributed by atoms with Crippen molar-refractivity contribution in [3.05, 3.63) is 124 Å². The molecule has 0 heterocycles. The van der Waals surface area contributed by atoms with E-state index in [2.05, 4.69) is 0 Å². The molecule has 0 aliphatic heterocycles. The SMILES string of the molecule is O=C(Oc1ccc(S(=O)(=O)c2ccc(OCc3ccccc3)cc2)cc1)c1ccc([N+](=O)[O-])cc1. The molecule has 4 rings (SSSR count). The fraction of sp³-hybridized carbons (Fsp3) is 0.0385. The Balaban J connectivity index is 1.41. The Morgan fingerprint density at radius 1 is 0.743 bits per heavy atom. The Morgan fingerprint density at radius 3 is 1.83 bits per heavy atom. The molecule has 4 aromatic carbocycles. The summed E-state index contributed by atoms with van der Waals surface area (Å²) in [5.41, 5.74) is 0.979. The average molecular weight is 490 g/mol. The molecule has 176 valence electrons. The Bertz CT molecular complexity index is 1430. The summed E-state index contributed by atoms with van der Waals surface area (Å²) >= 11 is 0. The van der Waals surface area contributed by atoms with Crippen LogP contribution in [0.15, 0.2) is 113 Å². The van der Waals surface area contributed by atoms with Gasteiger partial charge >= 0.3 is 5.97 Å². The van der Waals surface area contributed by atoms with Crippen molar-refractivity contribution in [3.63, 3.8) is 0 Å². The number of hydrogen-bond acceptors (Lipinski definition) is 7. The van der Waals surface area contributed by atoms with Crippen LogP contribution in [0, 0.1) is 10.1 Å². The van der Waals surface area contributed by atoms with Crippen LogP contribution in [0.4, 0.5) is 5.69 Å². The van der Waals surface area contributed by atoms with E-state index in [0.717, 1.165) is 5.56 Å². The number of esters is 1. The molecule has 0 amide bonds. The van der Waals surface area contributed by atoms with Gasteiger partial charge < -0.3 is 9.47 Å². The van der Waals surface area contributed by atoms with Crippen LogP contribution in [-0.2, 0) is 16.4 Å². The summed E-state index contributed by atoms with van der Waals surface area (Å²) in [6, 6.07) is 26.1. The van der Waals surface area contributed by atoms with Gasteiger partial charge in [0.1, 0.15) is 18.1 Å². The number of non-ortho nitro benzene ring substituents is 1. The van der Waals surface area contributed by atoms with Crippen LogP contribution >= 0.6 is 0 Å². The van der Waals surface area contributed by atoms with Gasteiger partial charge in [0.15, 0.2) is 0 Å². The average Bonchev–Trinajstić information content (AvgIpc) is 2.88. The molecule has 0 spiro atoms. The first-order chi connectivity index (χ1) is 16.8. The highest BCUT2D eigenvalue weighted by molar-refractivity contribution is 7.91. The minimum absolute atomic E-state index is 0.0330. The number of sulfone groups is 1. The van der Waals surface area contributed by atoms with Crippen molar-refractivity contribution in [2.75, 3.05) is 0 Å². The third-order valence-electron chi connectivity index (χ3n) is 5.04. The number of nitro benzene ring substituents is 1. The van der Waals surface area contributed by atoms with Gasteiger partial charge in [-0.3, -0.25) is 10.1 Å². The summed E-state index contributed by atoms with van der Waals surface area (Å²) < 4.78 is 36.9. The Morgan fingerprint density at radius 2 is 1.29 bits per heavy atom. The van der Waals surface area contributed by atoms with E-state index in [9.17, 15) is 23.3 Å². The van der Waals surface area contributed by atoms with Gasteiger partial charge in [0.25, 0.3) is 5.69 Å². The van der Waals surface area contributed by atoms with E-state index in [-0.39, 0.29) is 26.8 Å². The van der Waals surface area contributed by atoms with Gasteiger partial charge in [-0.25, -0.2) is 13.2 Å². The molecule has 35 heavy (non-hydrogen) atoms. The maximum absolute atomic E-state index is 13.0. The maximum atomic E-state index is 13.0. The van der Waals surface area contributed by atoms with Gasteiger partial charge in [-0.2, -0.15) is 0 Å². The third-order valence-corrected chi connectivity index (χ3v) is 6.83. The predicted molar refractivity (Wildman–Crippen MR) is 127 cm³/mol. The second-order valence-electron chi connectivity index (χ2n) is 7.41. The molecule has 0 bridgehead atoms. The monoisotopic (exact) mass is 489 g/mol. The molecule has 0 saturated heterocycles. The van der Waals surface area contributed by atoms with Gasteiger partial charge in [-0.1, -0.05) is 30.3 Å². The fourth-order valence-electron chi connectivity index (χ4n) is 3.16. The highest BCUT2D eigenvalue weighted by Gasteiger charge is 2.18. The Labute approximate surface area is 201 Å². The smallest absolute Gasteiger partial charge is 0.343 e. The molecule has 0 radical (unpaired) electrons. The molecular weight excluding hydrogens is 470 g/mol. The lowest BCUT2D eigenvalue weighted by atomic mass is 10.2. The fourth-order valence-corrected chi connectivity index (χ4v) is 4.42. The summed E-state index contributed by atoms with van der Waals surface area (Å²) in [5.74, 6) is -0.0418. The van der Waals surface area contributed by atoms with Gasteiger partial charge in [0, 0.05) is 12.1 Å². The number of benzene rings is 4. The quantitative estimate of drug-likeness (QED) is 0.144. The van der Waals surface area contributed by atoms with E-state index in [4.69, 9.17) is 9.47 Å². The molecule has 0 N–H and O–H groups in total. The van der Waals surface area contributed by atoms with Crippen molar-refractivity contribution in [1.29, 1.82) is 0 Å². The minimum Gasteiger partial charge on any atom is -0.489 e. The molecular formula is C26H19NO7S. The van der Waals surface area contributed by atoms with E-state index in [1.54, 1.807) is 12.1 Å². The minimum atomic E-state index is -3.79. The number of hydrogen-bond donors (Lipinski definition) is 0. The molecule has 0 aromatic heterocycles. The van der Waals surface area contributed by atoms with Crippen molar-refractivity contribution >= 4 is 21.5 Å². The number of carbonyl (C=O) groups excluding carboxylic acids is 1. The zero-order chi connectivity index (χ0) is 24.8. The van der Waals surface area contributed by atoms with Crippen LogP contribution in [0.2, 0.25) is 0 Å². The van der Waals surface area contributed by atoms with E-state index < -0.39 is 20.7 Å². The summed E-state index contributed by atoms with van der Waals surface area (Å²) in [6.45, 7) is 0.368. The van der Waals surface area contributed by atoms with Crippen LogP contribution < -0.4 is 9.47 Å². The summed E-state index contributed by atoms with van der Waals surface area (Å²) in [4.78, 5) is 22.5. The second-order valence-corrected chi connectivity index (χ2v) is 9.36. The van der Waals surface area contributed by atoms with Crippen LogP contribution in [0.5, 0.6) is 11.5 Å². The molecule has 0 aliphatic carbocycles. The lowest BCUT2D eigenvalue weighted by Gasteiger charge is -2.09. The summed E-state index contributed by atoms with van der Waals surface area (Å²) in [5, 5.41) is 10.7. The van der Waals surface area contributed by atoms with Crippen LogP contribution in [0.1, 0.15) is 15.9 Å². The predicted octanol–water partition coefficient (Wildman–Crippen LogP) is 5.23. The molecule has 0 unspecified atom stereocenters. The first-order valence-electron chi connectivity index (χ1n) is 10.4. The number of ether oxygens (including phenoxy) is 2. The molecule has 0 saturated carbocycles. The van der Waals surface area contributed by atoms with Crippen LogP contribution in [0.25, 0.3) is 0 Å². The number of carbonyl (C=O) groups is 1.